The minimum Gasteiger partial charge on any atom is -0.406 e. The van der Waals surface area contributed by atoms with Crippen molar-refractivity contribution < 1.29 is 22.7 Å². The number of ether oxygens (including phenoxy) is 1. The smallest absolute Gasteiger partial charge is 0.406 e. The molecule has 88 valence electrons. The number of rotatable bonds is 2. The number of alkyl halides is 3. The molecule has 0 amide bonds. The Kier molecular flexibility index (Phi) is 3.47. The number of anilines is 1. The summed E-state index contributed by atoms with van der Waals surface area (Å²) >= 11 is 3.01. The number of hydrogen-bond acceptors (Lipinski definition) is 3. The van der Waals surface area contributed by atoms with Crippen molar-refractivity contribution in [2.45, 2.75) is 13.3 Å². The first-order valence-corrected chi connectivity index (χ1v) is 4.85. The second-order valence-electron chi connectivity index (χ2n) is 2.98. The zero-order valence-electron chi connectivity index (χ0n) is 8.06. The van der Waals surface area contributed by atoms with E-state index in [9.17, 15) is 18.0 Å². The summed E-state index contributed by atoms with van der Waals surface area (Å²) in [7, 11) is 0. The first kappa shape index (κ1) is 12.8. The summed E-state index contributed by atoms with van der Waals surface area (Å²) in [6.45, 7) is 1.22. The lowest BCUT2D eigenvalue weighted by Crippen LogP contribution is -2.17. The molecule has 0 aliphatic heterocycles. The van der Waals surface area contributed by atoms with Gasteiger partial charge in [0.05, 0.1) is 10.2 Å². The highest BCUT2D eigenvalue weighted by Crippen LogP contribution is 2.32. The highest BCUT2D eigenvalue weighted by molar-refractivity contribution is 9.10. The SMILES string of the molecule is CC(=O)c1cc(OC(F)(F)F)cc(N)c1Br. The third kappa shape index (κ3) is 3.13. The van der Waals surface area contributed by atoms with Gasteiger partial charge in [0.25, 0.3) is 0 Å². The molecule has 7 heteroatoms. The number of benzene rings is 1. The summed E-state index contributed by atoms with van der Waals surface area (Å²) in [4.78, 5) is 11.1. The fraction of sp³-hybridized carbons (Fsp3) is 0.222. The summed E-state index contributed by atoms with van der Waals surface area (Å²) in [6, 6.07) is 1.97. The molecule has 0 fully saturated rings. The second-order valence-corrected chi connectivity index (χ2v) is 3.77. The number of Topliss-reactive ketones (excluding diaryl/α,β-unsaturated/α-hetero) is 1. The maximum Gasteiger partial charge on any atom is 0.573 e. The van der Waals surface area contributed by atoms with Crippen LogP contribution in [0.15, 0.2) is 16.6 Å². The van der Waals surface area contributed by atoms with Crippen LogP contribution < -0.4 is 10.5 Å². The van der Waals surface area contributed by atoms with Crippen LogP contribution in [0.25, 0.3) is 0 Å². The molecule has 0 aliphatic carbocycles. The molecule has 1 rings (SSSR count). The Bertz CT molecular complexity index is 431. The highest BCUT2D eigenvalue weighted by Gasteiger charge is 2.31. The van der Waals surface area contributed by atoms with Gasteiger partial charge < -0.3 is 10.5 Å². The molecule has 0 heterocycles. The van der Waals surface area contributed by atoms with Crippen LogP contribution in [0.2, 0.25) is 0 Å². The number of ketones is 1. The monoisotopic (exact) mass is 297 g/mol. The second kappa shape index (κ2) is 4.32. The molecule has 1 aromatic rings. The molecule has 1 aromatic carbocycles. The van der Waals surface area contributed by atoms with Crippen molar-refractivity contribution in [1.82, 2.24) is 0 Å². The Balaban J connectivity index is 3.19. The fourth-order valence-electron chi connectivity index (χ4n) is 1.07. The lowest BCUT2D eigenvalue weighted by atomic mass is 10.1. The summed E-state index contributed by atoms with van der Waals surface area (Å²) in [5, 5.41) is 0. The van der Waals surface area contributed by atoms with Crippen LogP contribution in [0.3, 0.4) is 0 Å². The van der Waals surface area contributed by atoms with Gasteiger partial charge in [0, 0.05) is 11.6 Å². The van der Waals surface area contributed by atoms with Crippen molar-refractivity contribution in [1.29, 1.82) is 0 Å². The quantitative estimate of drug-likeness (QED) is 0.674. The summed E-state index contributed by atoms with van der Waals surface area (Å²) < 4.78 is 39.8. The molecule has 0 saturated heterocycles. The van der Waals surface area contributed by atoms with Crippen molar-refractivity contribution >= 4 is 27.4 Å². The van der Waals surface area contributed by atoms with Crippen LogP contribution in [0, 0.1) is 0 Å². The van der Waals surface area contributed by atoms with Crippen LogP contribution >= 0.6 is 15.9 Å². The molecular formula is C9H7BrF3NO2. The van der Waals surface area contributed by atoms with Crippen molar-refractivity contribution in [3.63, 3.8) is 0 Å². The highest BCUT2D eigenvalue weighted by atomic mass is 79.9. The van der Waals surface area contributed by atoms with Crippen LogP contribution in [0.1, 0.15) is 17.3 Å². The molecule has 0 radical (unpaired) electrons. The molecule has 3 nitrogen and oxygen atoms in total. The van der Waals surface area contributed by atoms with E-state index in [1.165, 1.54) is 6.92 Å². The van der Waals surface area contributed by atoms with Gasteiger partial charge in [-0.05, 0) is 28.9 Å². The molecule has 0 saturated carbocycles. The first-order chi connectivity index (χ1) is 7.20. The third-order valence-corrected chi connectivity index (χ3v) is 2.57. The van der Waals surface area contributed by atoms with Gasteiger partial charge in [-0.3, -0.25) is 4.79 Å². The van der Waals surface area contributed by atoms with Gasteiger partial charge in [-0.25, -0.2) is 0 Å². The molecule has 0 unspecified atom stereocenters. The predicted octanol–water partition coefficient (Wildman–Crippen LogP) is 3.13. The maximum absolute atomic E-state index is 11.9. The van der Waals surface area contributed by atoms with Gasteiger partial charge >= 0.3 is 6.36 Å². The van der Waals surface area contributed by atoms with Gasteiger partial charge in [0.1, 0.15) is 5.75 Å². The van der Waals surface area contributed by atoms with E-state index in [1.807, 2.05) is 0 Å². The van der Waals surface area contributed by atoms with Crippen LogP contribution in [-0.2, 0) is 0 Å². The summed E-state index contributed by atoms with van der Waals surface area (Å²) in [6.07, 6.45) is -4.81. The molecule has 0 spiro atoms. The first-order valence-electron chi connectivity index (χ1n) is 4.06. The minimum absolute atomic E-state index is 0.00644. The van der Waals surface area contributed by atoms with Gasteiger partial charge in [-0.15, -0.1) is 13.2 Å². The van der Waals surface area contributed by atoms with E-state index in [0.29, 0.717) is 0 Å². The zero-order valence-corrected chi connectivity index (χ0v) is 9.65. The number of halogens is 4. The Hall–Kier alpha value is -1.24. The Morgan fingerprint density at radius 1 is 1.44 bits per heavy atom. The van der Waals surface area contributed by atoms with Gasteiger partial charge in [0.2, 0.25) is 0 Å². The van der Waals surface area contributed by atoms with E-state index >= 15 is 0 Å². The maximum atomic E-state index is 11.9. The molecule has 0 aromatic heterocycles. The van der Waals surface area contributed by atoms with Crippen molar-refractivity contribution in [3.8, 4) is 5.75 Å². The third-order valence-electron chi connectivity index (χ3n) is 1.69. The normalized spacial score (nSPS) is 11.3. The van der Waals surface area contributed by atoms with E-state index in [4.69, 9.17) is 5.73 Å². The molecule has 16 heavy (non-hydrogen) atoms. The number of carbonyl (C=O) groups excluding carboxylic acids is 1. The largest absolute Gasteiger partial charge is 0.573 e. The number of nitrogen functional groups attached to an aromatic ring is 1. The van der Waals surface area contributed by atoms with E-state index in [2.05, 4.69) is 20.7 Å². The van der Waals surface area contributed by atoms with E-state index in [0.717, 1.165) is 12.1 Å². The van der Waals surface area contributed by atoms with E-state index < -0.39 is 17.9 Å². The number of hydrogen-bond donors (Lipinski definition) is 1. The van der Waals surface area contributed by atoms with E-state index in [1.54, 1.807) is 0 Å². The Labute approximate surface area is 97.5 Å². The summed E-state index contributed by atoms with van der Waals surface area (Å²) in [5.74, 6) is -0.926. The minimum atomic E-state index is -4.81. The number of carbonyl (C=O) groups is 1. The molecule has 0 atom stereocenters. The molecular weight excluding hydrogens is 291 g/mol. The van der Waals surface area contributed by atoms with E-state index in [-0.39, 0.29) is 15.7 Å². The van der Waals surface area contributed by atoms with Crippen LogP contribution in [0.4, 0.5) is 18.9 Å². The van der Waals surface area contributed by atoms with Crippen LogP contribution in [0.5, 0.6) is 5.75 Å². The van der Waals surface area contributed by atoms with Gasteiger partial charge in [-0.2, -0.15) is 0 Å². The molecule has 0 aliphatic rings. The fourth-order valence-corrected chi connectivity index (χ4v) is 1.58. The standard InChI is InChI=1S/C9H7BrF3NO2/c1-4(15)6-2-5(16-9(11,12)13)3-7(14)8(6)10/h2-3H,14H2,1H3. The van der Waals surface area contributed by atoms with Crippen molar-refractivity contribution in [2.24, 2.45) is 0 Å². The summed E-state index contributed by atoms with van der Waals surface area (Å²) in [5.41, 5.74) is 5.48. The Morgan fingerprint density at radius 2 is 2.00 bits per heavy atom. The van der Waals surface area contributed by atoms with Crippen molar-refractivity contribution in [3.05, 3.63) is 22.2 Å². The van der Waals surface area contributed by atoms with Crippen LogP contribution in [-0.4, -0.2) is 12.1 Å². The molecule has 0 bridgehead atoms. The van der Waals surface area contributed by atoms with Gasteiger partial charge in [-0.1, -0.05) is 0 Å². The van der Waals surface area contributed by atoms with Crippen molar-refractivity contribution in [2.75, 3.05) is 5.73 Å². The topological polar surface area (TPSA) is 52.3 Å². The lowest BCUT2D eigenvalue weighted by molar-refractivity contribution is -0.274. The average Bonchev–Trinajstić information content (AvgIpc) is 2.07. The number of nitrogens with two attached hydrogens (primary N) is 1. The predicted molar refractivity (Wildman–Crippen MR) is 55.2 cm³/mol. The zero-order chi connectivity index (χ0) is 12.5. The molecule has 2 N–H and O–H groups in total. The van der Waals surface area contributed by atoms with Gasteiger partial charge in [0.15, 0.2) is 5.78 Å². The average molecular weight is 298 g/mol. The lowest BCUT2D eigenvalue weighted by Gasteiger charge is -2.12. The Morgan fingerprint density at radius 3 is 2.44 bits per heavy atom.